The third kappa shape index (κ3) is 3.39. The van der Waals surface area contributed by atoms with Crippen LogP contribution >= 0.6 is 0 Å². The average molecular weight is 261 g/mol. The molecule has 0 heterocycles. The predicted octanol–water partition coefficient (Wildman–Crippen LogP) is 2.64. The normalized spacial score (nSPS) is 17.5. The first-order chi connectivity index (χ1) is 9.17. The fourth-order valence-electron chi connectivity index (χ4n) is 2.42. The number of hydrogen-bond donors (Lipinski definition) is 1. The molecule has 0 radical (unpaired) electrons. The lowest BCUT2D eigenvalue weighted by Crippen LogP contribution is -2.37. The van der Waals surface area contributed by atoms with Crippen LogP contribution in [0.15, 0.2) is 18.2 Å². The Bertz CT molecular complexity index is 473. The van der Waals surface area contributed by atoms with Crippen molar-refractivity contribution in [2.75, 3.05) is 13.7 Å². The van der Waals surface area contributed by atoms with E-state index in [9.17, 15) is 5.11 Å². The maximum absolute atomic E-state index is 10.4. The van der Waals surface area contributed by atoms with Crippen LogP contribution in [0.4, 0.5) is 0 Å². The monoisotopic (exact) mass is 261 g/mol. The molecule has 1 saturated carbocycles. The smallest absolute Gasteiger partial charge is 0.162 e. The Hall–Kier alpha value is -1.73. The van der Waals surface area contributed by atoms with Crippen molar-refractivity contribution in [3.63, 3.8) is 0 Å². The first-order valence-electron chi connectivity index (χ1n) is 6.60. The molecule has 0 spiro atoms. The van der Waals surface area contributed by atoms with Gasteiger partial charge >= 0.3 is 0 Å². The van der Waals surface area contributed by atoms with E-state index in [1.165, 1.54) is 6.42 Å². The second-order valence-electron chi connectivity index (χ2n) is 5.05. The molecule has 1 aliphatic rings. The molecule has 19 heavy (non-hydrogen) atoms. The van der Waals surface area contributed by atoms with Crippen molar-refractivity contribution in [2.24, 2.45) is 0 Å². The standard InChI is InChI=1S/C15H19NO3/c1-18-14-9-12(10-16)5-6-13(14)19-11-15(17)7-3-2-4-8-15/h5-6,9,17H,2-4,7-8,11H2,1H3. The fourth-order valence-corrected chi connectivity index (χ4v) is 2.42. The van der Waals surface area contributed by atoms with E-state index < -0.39 is 5.60 Å². The second-order valence-corrected chi connectivity index (χ2v) is 5.05. The van der Waals surface area contributed by atoms with Crippen LogP contribution in [0.2, 0.25) is 0 Å². The van der Waals surface area contributed by atoms with E-state index in [0.29, 0.717) is 17.1 Å². The van der Waals surface area contributed by atoms with Gasteiger partial charge in [-0.3, -0.25) is 0 Å². The molecule has 1 aromatic rings. The van der Waals surface area contributed by atoms with Crippen molar-refractivity contribution < 1.29 is 14.6 Å². The predicted molar refractivity (Wildman–Crippen MR) is 71.2 cm³/mol. The summed E-state index contributed by atoms with van der Waals surface area (Å²) >= 11 is 0. The van der Waals surface area contributed by atoms with Crippen molar-refractivity contribution >= 4 is 0 Å². The van der Waals surface area contributed by atoms with Gasteiger partial charge in [-0.05, 0) is 25.0 Å². The Morgan fingerprint density at radius 3 is 2.63 bits per heavy atom. The van der Waals surface area contributed by atoms with Gasteiger partial charge in [-0.25, -0.2) is 0 Å². The molecule has 0 bridgehead atoms. The molecular formula is C15H19NO3. The van der Waals surface area contributed by atoms with Gasteiger partial charge in [0.2, 0.25) is 0 Å². The van der Waals surface area contributed by atoms with Crippen LogP contribution < -0.4 is 9.47 Å². The molecule has 4 nitrogen and oxygen atoms in total. The van der Waals surface area contributed by atoms with Crippen molar-refractivity contribution in [3.8, 4) is 17.6 Å². The van der Waals surface area contributed by atoms with Gasteiger partial charge in [0.15, 0.2) is 11.5 Å². The third-order valence-electron chi connectivity index (χ3n) is 3.57. The maximum atomic E-state index is 10.4. The lowest BCUT2D eigenvalue weighted by atomic mass is 9.85. The van der Waals surface area contributed by atoms with Gasteiger partial charge in [0.1, 0.15) is 6.61 Å². The highest BCUT2D eigenvalue weighted by molar-refractivity contribution is 5.46. The van der Waals surface area contributed by atoms with E-state index in [1.807, 2.05) is 0 Å². The zero-order valence-corrected chi connectivity index (χ0v) is 11.2. The number of ether oxygens (including phenoxy) is 2. The van der Waals surface area contributed by atoms with E-state index in [0.717, 1.165) is 25.7 Å². The molecule has 0 saturated heterocycles. The number of aliphatic hydroxyl groups is 1. The summed E-state index contributed by atoms with van der Waals surface area (Å²) in [7, 11) is 1.54. The fraction of sp³-hybridized carbons (Fsp3) is 0.533. The minimum absolute atomic E-state index is 0.273. The summed E-state index contributed by atoms with van der Waals surface area (Å²) in [5.74, 6) is 1.10. The number of nitriles is 1. The number of benzene rings is 1. The minimum atomic E-state index is -0.725. The Morgan fingerprint density at radius 2 is 2.00 bits per heavy atom. The Labute approximate surface area is 113 Å². The summed E-state index contributed by atoms with van der Waals surface area (Å²) < 4.78 is 10.9. The summed E-state index contributed by atoms with van der Waals surface area (Å²) in [5.41, 5.74) is -0.197. The van der Waals surface area contributed by atoms with Gasteiger partial charge < -0.3 is 14.6 Å². The molecule has 1 fully saturated rings. The van der Waals surface area contributed by atoms with E-state index in [4.69, 9.17) is 14.7 Å². The molecular weight excluding hydrogens is 242 g/mol. The number of hydrogen-bond acceptors (Lipinski definition) is 4. The molecule has 2 rings (SSSR count). The Kier molecular flexibility index (Phi) is 4.28. The first kappa shape index (κ1) is 13.7. The van der Waals surface area contributed by atoms with Gasteiger partial charge in [0.05, 0.1) is 24.3 Å². The lowest BCUT2D eigenvalue weighted by Gasteiger charge is -2.31. The number of methoxy groups -OCH3 is 1. The number of nitrogens with zero attached hydrogens (tertiary/aromatic N) is 1. The van der Waals surface area contributed by atoms with Gasteiger partial charge in [0, 0.05) is 6.07 Å². The average Bonchev–Trinajstić information content (AvgIpc) is 2.45. The van der Waals surface area contributed by atoms with Gasteiger partial charge in [-0.1, -0.05) is 19.3 Å². The summed E-state index contributed by atoms with van der Waals surface area (Å²) in [6, 6.07) is 7.09. The topological polar surface area (TPSA) is 62.5 Å². The van der Waals surface area contributed by atoms with Crippen LogP contribution in [-0.2, 0) is 0 Å². The van der Waals surface area contributed by atoms with E-state index >= 15 is 0 Å². The molecule has 1 N–H and O–H groups in total. The SMILES string of the molecule is COc1cc(C#N)ccc1OCC1(O)CCCCC1. The number of rotatable bonds is 4. The molecule has 1 aliphatic carbocycles. The summed E-state index contributed by atoms with van der Waals surface area (Å²) in [4.78, 5) is 0. The molecule has 1 aromatic carbocycles. The molecule has 102 valence electrons. The van der Waals surface area contributed by atoms with Gasteiger partial charge in [-0.2, -0.15) is 5.26 Å². The Balaban J connectivity index is 2.04. The van der Waals surface area contributed by atoms with Crippen LogP contribution in [0.3, 0.4) is 0 Å². The van der Waals surface area contributed by atoms with Crippen LogP contribution in [0.5, 0.6) is 11.5 Å². The van der Waals surface area contributed by atoms with Crippen molar-refractivity contribution in [2.45, 2.75) is 37.7 Å². The molecule has 0 unspecified atom stereocenters. The van der Waals surface area contributed by atoms with E-state index in [2.05, 4.69) is 6.07 Å². The van der Waals surface area contributed by atoms with E-state index in [1.54, 1.807) is 25.3 Å². The third-order valence-corrected chi connectivity index (χ3v) is 3.57. The molecule has 0 amide bonds. The molecule has 0 aliphatic heterocycles. The van der Waals surface area contributed by atoms with Crippen LogP contribution in [-0.4, -0.2) is 24.4 Å². The van der Waals surface area contributed by atoms with Crippen LogP contribution in [0, 0.1) is 11.3 Å². The van der Waals surface area contributed by atoms with E-state index in [-0.39, 0.29) is 6.61 Å². The highest BCUT2D eigenvalue weighted by Crippen LogP contribution is 2.32. The maximum Gasteiger partial charge on any atom is 0.162 e. The second kappa shape index (κ2) is 5.94. The van der Waals surface area contributed by atoms with Crippen molar-refractivity contribution in [1.82, 2.24) is 0 Å². The van der Waals surface area contributed by atoms with Gasteiger partial charge in [-0.15, -0.1) is 0 Å². The molecule has 0 atom stereocenters. The zero-order chi connectivity index (χ0) is 13.7. The largest absolute Gasteiger partial charge is 0.493 e. The summed E-state index contributed by atoms with van der Waals surface area (Å²) in [6.45, 7) is 0.273. The van der Waals surface area contributed by atoms with Crippen LogP contribution in [0.1, 0.15) is 37.7 Å². The lowest BCUT2D eigenvalue weighted by molar-refractivity contribution is -0.0343. The minimum Gasteiger partial charge on any atom is -0.493 e. The van der Waals surface area contributed by atoms with Gasteiger partial charge in [0.25, 0.3) is 0 Å². The molecule has 4 heteroatoms. The zero-order valence-electron chi connectivity index (χ0n) is 11.2. The first-order valence-corrected chi connectivity index (χ1v) is 6.60. The summed E-state index contributed by atoms with van der Waals surface area (Å²) in [6.07, 6.45) is 4.84. The highest BCUT2D eigenvalue weighted by Gasteiger charge is 2.30. The van der Waals surface area contributed by atoms with Crippen molar-refractivity contribution in [1.29, 1.82) is 5.26 Å². The quantitative estimate of drug-likeness (QED) is 0.905. The Morgan fingerprint density at radius 1 is 1.26 bits per heavy atom. The van der Waals surface area contributed by atoms with Crippen molar-refractivity contribution in [3.05, 3.63) is 23.8 Å². The highest BCUT2D eigenvalue weighted by atomic mass is 16.5. The molecule has 0 aromatic heterocycles. The van der Waals surface area contributed by atoms with Crippen LogP contribution in [0.25, 0.3) is 0 Å². The summed E-state index contributed by atoms with van der Waals surface area (Å²) in [5, 5.41) is 19.2.